The van der Waals surface area contributed by atoms with Crippen LogP contribution in [0.1, 0.15) is 13.3 Å². The third-order valence-corrected chi connectivity index (χ3v) is 5.23. The number of fused-ring (bicyclic) bond motifs is 1. The highest BCUT2D eigenvalue weighted by Crippen LogP contribution is 2.35. The minimum atomic E-state index is -0.309. The van der Waals surface area contributed by atoms with Crippen molar-refractivity contribution in [1.82, 2.24) is 0 Å². The molecule has 2 aromatic carbocycles. The van der Waals surface area contributed by atoms with E-state index < -0.39 is 0 Å². The molecule has 1 atom stereocenters. The predicted octanol–water partition coefficient (Wildman–Crippen LogP) is 5.27. The van der Waals surface area contributed by atoms with Crippen molar-refractivity contribution in [2.45, 2.75) is 23.5 Å². The summed E-state index contributed by atoms with van der Waals surface area (Å²) in [6.45, 7) is 3.12. The first-order chi connectivity index (χ1) is 12.0. The van der Waals surface area contributed by atoms with Gasteiger partial charge in [0.2, 0.25) is 5.91 Å². The van der Waals surface area contributed by atoms with Crippen LogP contribution in [0.4, 0.5) is 5.69 Å². The molecule has 0 fully saturated rings. The van der Waals surface area contributed by atoms with Gasteiger partial charge >= 0.3 is 0 Å². The highest BCUT2D eigenvalue weighted by Gasteiger charge is 2.18. The fraction of sp³-hybridized carbons (Fsp3) is 0.278. The zero-order chi connectivity index (χ0) is 17.8. The molecule has 0 bridgehead atoms. The molecule has 1 heterocycles. The molecule has 0 unspecified atom stereocenters. The number of thioether (sulfide) groups is 1. The van der Waals surface area contributed by atoms with Gasteiger partial charge in [0.05, 0.1) is 29.2 Å². The van der Waals surface area contributed by atoms with E-state index in [4.69, 9.17) is 32.7 Å². The summed E-state index contributed by atoms with van der Waals surface area (Å²) in [4.78, 5) is 13.4. The third kappa shape index (κ3) is 4.75. The number of amides is 1. The number of halogens is 2. The molecular formula is C18H17Cl2NO3S. The molecule has 0 spiro atoms. The molecule has 4 nitrogen and oxygen atoms in total. The maximum absolute atomic E-state index is 12.4. The van der Waals surface area contributed by atoms with Crippen molar-refractivity contribution >= 4 is 46.6 Å². The molecule has 7 heteroatoms. The monoisotopic (exact) mass is 397 g/mol. The van der Waals surface area contributed by atoms with Crippen LogP contribution in [0.3, 0.4) is 0 Å². The maximum Gasteiger partial charge on any atom is 0.237 e. The lowest BCUT2D eigenvalue weighted by molar-refractivity contribution is -0.115. The van der Waals surface area contributed by atoms with Crippen LogP contribution in [0, 0.1) is 0 Å². The van der Waals surface area contributed by atoms with E-state index in [0.29, 0.717) is 28.9 Å². The number of anilines is 1. The smallest absolute Gasteiger partial charge is 0.237 e. The van der Waals surface area contributed by atoms with Crippen molar-refractivity contribution in [3.05, 3.63) is 46.4 Å². The van der Waals surface area contributed by atoms with Gasteiger partial charge in [-0.15, -0.1) is 11.8 Å². The van der Waals surface area contributed by atoms with E-state index in [2.05, 4.69) is 5.32 Å². The normalized spacial score (nSPS) is 14.5. The van der Waals surface area contributed by atoms with Crippen LogP contribution in [0.5, 0.6) is 11.5 Å². The van der Waals surface area contributed by atoms with Crippen molar-refractivity contribution in [3.63, 3.8) is 0 Å². The Morgan fingerprint density at radius 3 is 2.64 bits per heavy atom. The van der Waals surface area contributed by atoms with Crippen LogP contribution in [-0.2, 0) is 4.79 Å². The van der Waals surface area contributed by atoms with Crippen molar-refractivity contribution in [3.8, 4) is 11.5 Å². The first-order valence-electron chi connectivity index (χ1n) is 7.85. The van der Waals surface area contributed by atoms with Crippen molar-refractivity contribution in [1.29, 1.82) is 0 Å². The number of nitrogens with one attached hydrogen (secondary N) is 1. The zero-order valence-corrected chi connectivity index (χ0v) is 15.9. The van der Waals surface area contributed by atoms with E-state index in [9.17, 15) is 4.79 Å². The number of rotatable bonds is 4. The Kier molecular flexibility index (Phi) is 5.99. The number of hydrogen-bond donors (Lipinski definition) is 1. The molecule has 0 aliphatic carbocycles. The molecule has 25 heavy (non-hydrogen) atoms. The van der Waals surface area contributed by atoms with E-state index >= 15 is 0 Å². The van der Waals surface area contributed by atoms with Gasteiger partial charge < -0.3 is 14.8 Å². The summed E-state index contributed by atoms with van der Waals surface area (Å²) in [5, 5.41) is 3.45. The summed E-state index contributed by atoms with van der Waals surface area (Å²) < 4.78 is 11.3. The lowest BCUT2D eigenvalue weighted by Gasteiger charge is -2.14. The number of hydrogen-bond acceptors (Lipinski definition) is 4. The molecule has 1 amide bonds. The van der Waals surface area contributed by atoms with E-state index in [1.807, 2.05) is 25.1 Å². The Bertz CT molecular complexity index is 785. The van der Waals surface area contributed by atoms with E-state index in [-0.39, 0.29) is 11.2 Å². The minimum Gasteiger partial charge on any atom is -0.490 e. The van der Waals surface area contributed by atoms with Crippen LogP contribution < -0.4 is 14.8 Å². The average molecular weight is 398 g/mol. The lowest BCUT2D eigenvalue weighted by atomic mass is 10.3. The summed E-state index contributed by atoms with van der Waals surface area (Å²) in [6, 6.07) is 10.7. The standard InChI is InChI=1S/C18H17Cl2NO3S/c1-11(18(22)21-15-5-3-12(19)9-14(15)20)25-13-4-6-16-17(10-13)24-8-2-7-23-16/h3-6,9-11H,2,7-8H2,1H3,(H,21,22)/t11-/m1/s1. The molecular weight excluding hydrogens is 381 g/mol. The van der Waals surface area contributed by atoms with Crippen molar-refractivity contribution in [2.75, 3.05) is 18.5 Å². The SMILES string of the molecule is C[C@@H](Sc1ccc2c(c1)OCCCO2)C(=O)Nc1ccc(Cl)cc1Cl. The van der Waals surface area contributed by atoms with Gasteiger partial charge in [0, 0.05) is 16.3 Å². The molecule has 0 radical (unpaired) electrons. The Morgan fingerprint density at radius 2 is 1.88 bits per heavy atom. The predicted molar refractivity (Wildman–Crippen MR) is 102 cm³/mol. The van der Waals surface area contributed by atoms with Gasteiger partial charge in [-0.2, -0.15) is 0 Å². The molecule has 1 N–H and O–H groups in total. The number of carbonyl (C=O) groups excluding carboxylic acids is 1. The molecule has 0 saturated heterocycles. The van der Waals surface area contributed by atoms with E-state index in [1.54, 1.807) is 18.2 Å². The van der Waals surface area contributed by atoms with Crippen LogP contribution in [0.25, 0.3) is 0 Å². The second-order valence-electron chi connectivity index (χ2n) is 5.53. The van der Waals surface area contributed by atoms with Gasteiger partial charge in [-0.1, -0.05) is 23.2 Å². The molecule has 1 aliphatic heterocycles. The summed E-state index contributed by atoms with van der Waals surface area (Å²) in [5.41, 5.74) is 0.544. The topological polar surface area (TPSA) is 47.6 Å². The van der Waals surface area contributed by atoms with Gasteiger partial charge in [-0.3, -0.25) is 4.79 Å². The second-order valence-corrected chi connectivity index (χ2v) is 7.79. The first-order valence-corrected chi connectivity index (χ1v) is 9.49. The summed E-state index contributed by atoms with van der Waals surface area (Å²) in [5.74, 6) is 1.32. The van der Waals surface area contributed by atoms with Crippen LogP contribution in [0.15, 0.2) is 41.3 Å². The first kappa shape index (κ1) is 18.2. The molecule has 3 rings (SSSR count). The molecule has 0 aromatic heterocycles. The zero-order valence-electron chi connectivity index (χ0n) is 13.6. The summed E-state index contributed by atoms with van der Waals surface area (Å²) in [7, 11) is 0. The largest absolute Gasteiger partial charge is 0.490 e. The highest BCUT2D eigenvalue weighted by molar-refractivity contribution is 8.00. The van der Waals surface area contributed by atoms with Gasteiger partial charge in [-0.05, 0) is 43.3 Å². The third-order valence-electron chi connectivity index (χ3n) is 3.59. The lowest BCUT2D eigenvalue weighted by Crippen LogP contribution is -2.22. The Labute approximate surface area is 160 Å². The Balaban J connectivity index is 1.66. The minimum absolute atomic E-state index is 0.138. The van der Waals surface area contributed by atoms with Gasteiger partial charge in [-0.25, -0.2) is 0 Å². The second kappa shape index (κ2) is 8.21. The van der Waals surface area contributed by atoms with E-state index in [0.717, 1.165) is 22.8 Å². The van der Waals surface area contributed by atoms with Crippen molar-refractivity contribution in [2.24, 2.45) is 0 Å². The molecule has 132 valence electrons. The van der Waals surface area contributed by atoms with Gasteiger partial charge in [0.15, 0.2) is 11.5 Å². The quantitative estimate of drug-likeness (QED) is 0.713. The van der Waals surface area contributed by atoms with Crippen molar-refractivity contribution < 1.29 is 14.3 Å². The fourth-order valence-corrected chi connectivity index (χ4v) is 3.65. The van der Waals surface area contributed by atoms with Crippen LogP contribution in [-0.4, -0.2) is 24.4 Å². The summed E-state index contributed by atoms with van der Waals surface area (Å²) >= 11 is 13.4. The van der Waals surface area contributed by atoms with Crippen LogP contribution in [0.2, 0.25) is 10.0 Å². The van der Waals surface area contributed by atoms with Crippen LogP contribution >= 0.6 is 35.0 Å². The highest BCUT2D eigenvalue weighted by atomic mass is 35.5. The number of benzene rings is 2. The average Bonchev–Trinajstić information content (AvgIpc) is 2.82. The fourth-order valence-electron chi connectivity index (χ4n) is 2.30. The molecule has 1 aliphatic rings. The molecule has 2 aromatic rings. The van der Waals surface area contributed by atoms with Gasteiger partial charge in [0.1, 0.15) is 0 Å². The Morgan fingerprint density at radius 1 is 1.12 bits per heavy atom. The maximum atomic E-state index is 12.4. The van der Waals surface area contributed by atoms with E-state index in [1.165, 1.54) is 11.8 Å². The van der Waals surface area contributed by atoms with Gasteiger partial charge in [0.25, 0.3) is 0 Å². The Hall–Kier alpha value is -1.56. The summed E-state index contributed by atoms with van der Waals surface area (Å²) in [6.07, 6.45) is 0.859. The number of ether oxygens (including phenoxy) is 2. The molecule has 0 saturated carbocycles. The number of carbonyl (C=O) groups is 1.